The van der Waals surface area contributed by atoms with Gasteiger partial charge >= 0.3 is 0 Å². The molecule has 1 aromatic rings. The van der Waals surface area contributed by atoms with Crippen LogP contribution in [0.3, 0.4) is 0 Å². The molecule has 2 fully saturated rings. The van der Waals surface area contributed by atoms with E-state index >= 15 is 0 Å². The quantitative estimate of drug-likeness (QED) is 0.855. The normalized spacial score (nSPS) is 24.0. The molecule has 0 spiro atoms. The van der Waals surface area contributed by atoms with Gasteiger partial charge in [-0.2, -0.15) is 4.98 Å². The Hall–Kier alpha value is -1.43. The SMILES string of the molecule is CC(C)c1noc([C@H]2CCCN2C(=O)C2CCOCC2)n1. The van der Waals surface area contributed by atoms with Crippen LogP contribution in [0.4, 0.5) is 0 Å². The van der Waals surface area contributed by atoms with Gasteiger partial charge < -0.3 is 14.2 Å². The minimum Gasteiger partial charge on any atom is -0.381 e. The van der Waals surface area contributed by atoms with Crippen molar-refractivity contribution in [3.8, 4) is 0 Å². The molecule has 21 heavy (non-hydrogen) atoms. The van der Waals surface area contributed by atoms with Crippen LogP contribution in [0, 0.1) is 5.92 Å². The number of carbonyl (C=O) groups excluding carboxylic acids is 1. The van der Waals surface area contributed by atoms with E-state index in [2.05, 4.69) is 10.1 Å². The molecule has 0 unspecified atom stereocenters. The lowest BCUT2D eigenvalue weighted by molar-refractivity contribution is -0.140. The second-order valence-corrected chi connectivity index (χ2v) is 6.22. The topological polar surface area (TPSA) is 68.5 Å². The average Bonchev–Trinajstić information content (AvgIpc) is 3.16. The average molecular weight is 293 g/mol. The highest BCUT2D eigenvalue weighted by Crippen LogP contribution is 2.34. The highest BCUT2D eigenvalue weighted by Gasteiger charge is 2.37. The number of rotatable bonds is 3. The predicted molar refractivity (Wildman–Crippen MR) is 75.6 cm³/mol. The fourth-order valence-electron chi connectivity index (χ4n) is 3.08. The molecular formula is C15H23N3O3. The number of amides is 1. The number of nitrogens with zero attached hydrogens (tertiary/aromatic N) is 3. The molecule has 0 saturated carbocycles. The molecule has 1 atom stereocenters. The van der Waals surface area contributed by atoms with E-state index in [1.807, 2.05) is 18.7 Å². The van der Waals surface area contributed by atoms with Gasteiger partial charge in [0.1, 0.15) is 6.04 Å². The molecule has 0 aromatic carbocycles. The van der Waals surface area contributed by atoms with Crippen molar-refractivity contribution in [1.82, 2.24) is 15.0 Å². The molecule has 6 heteroatoms. The Labute approximate surface area is 124 Å². The summed E-state index contributed by atoms with van der Waals surface area (Å²) >= 11 is 0. The summed E-state index contributed by atoms with van der Waals surface area (Å²) < 4.78 is 10.7. The number of ether oxygens (including phenoxy) is 1. The standard InChI is InChI=1S/C15H23N3O3/c1-10(2)13-16-14(21-17-13)12-4-3-7-18(12)15(19)11-5-8-20-9-6-11/h10-12H,3-9H2,1-2H3/t12-/m1/s1. The summed E-state index contributed by atoms with van der Waals surface area (Å²) in [5, 5.41) is 4.02. The smallest absolute Gasteiger partial charge is 0.249 e. The molecule has 1 amide bonds. The first-order valence-electron chi connectivity index (χ1n) is 7.88. The van der Waals surface area contributed by atoms with Gasteiger partial charge in [-0.3, -0.25) is 4.79 Å². The van der Waals surface area contributed by atoms with E-state index in [1.165, 1.54) is 0 Å². The molecule has 2 aliphatic rings. The summed E-state index contributed by atoms with van der Waals surface area (Å²) in [7, 11) is 0. The molecule has 2 aliphatic heterocycles. The van der Waals surface area contributed by atoms with Gasteiger partial charge in [0, 0.05) is 31.6 Å². The van der Waals surface area contributed by atoms with E-state index in [1.54, 1.807) is 0 Å². The molecule has 2 saturated heterocycles. The van der Waals surface area contributed by atoms with E-state index in [0.717, 1.165) is 38.1 Å². The molecule has 0 bridgehead atoms. The Balaban J connectivity index is 1.73. The second-order valence-electron chi connectivity index (χ2n) is 6.22. The summed E-state index contributed by atoms with van der Waals surface area (Å²) in [6, 6.07) is -0.0413. The molecule has 3 heterocycles. The first-order valence-corrected chi connectivity index (χ1v) is 7.88. The number of aromatic nitrogens is 2. The number of likely N-dealkylation sites (tertiary alicyclic amines) is 1. The fourth-order valence-corrected chi connectivity index (χ4v) is 3.08. The maximum absolute atomic E-state index is 12.7. The predicted octanol–water partition coefficient (Wildman–Crippen LogP) is 2.28. The Morgan fingerprint density at radius 3 is 2.71 bits per heavy atom. The van der Waals surface area contributed by atoms with Crippen molar-refractivity contribution < 1.29 is 14.1 Å². The Morgan fingerprint density at radius 1 is 1.29 bits per heavy atom. The third-order valence-corrected chi connectivity index (χ3v) is 4.37. The monoisotopic (exact) mass is 293 g/mol. The highest BCUT2D eigenvalue weighted by atomic mass is 16.5. The van der Waals surface area contributed by atoms with E-state index in [9.17, 15) is 4.79 Å². The molecule has 0 radical (unpaired) electrons. The lowest BCUT2D eigenvalue weighted by Crippen LogP contribution is -2.38. The van der Waals surface area contributed by atoms with Gasteiger partial charge in [0.25, 0.3) is 0 Å². The zero-order valence-electron chi connectivity index (χ0n) is 12.7. The summed E-state index contributed by atoms with van der Waals surface area (Å²) in [6.45, 7) is 6.24. The van der Waals surface area contributed by atoms with Crippen LogP contribution in [0.5, 0.6) is 0 Å². The maximum atomic E-state index is 12.7. The second kappa shape index (κ2) is 6.13. The summed E-state index contributed by atoms with van der Waals surface area (Å²) in [6.07, 6.45) is 3.56. The maximum Gasteiger partial charge on any atom is 0.249 e. The van der Waals surface area contributed by atoms with Crippen molar-refractivity contribution in [3.63, 3.8) is 0 Å². The van der Waals surface area contributed by atoms with Crippen LogP contribution >= 0.6 is 0 Å². The number of hydrogen-bond donors (Lipinski definition) is 0. The van der Waals surface area contributed by atoms with Crippen molar-refractivity contribution in [2.45, 2.75) is 51.5 Å². The van der Waals surface area contributed by atoms with Crippen molar-refractivity contribution >= 4 is 5.91 Å². The van der Waals surface area contributed by atoms with E-state index in [0.29, 0.717) is 19.1 Å². The van der Waals surface area contributed by atoms with Crippen LogP contribution in [0.25, 0.3) is 0 Å². The lowest BCUT2D eigenvalue weighted by Gasteiger charge is -2.29. The summed E-state index contributed by atoms with van der Waals surface area (Å²) in [5.41, 5.74) is 0. The van der Waals surface area contributed by atoms with Crippen molar-refractivity contribution in [1.29, 1.82) is 0 Å². The minimum atomic E-state index is -0.0413. The fraction of sp³-hybridized carbons (Fsp3) is 0.800. The van der Waals surface area contributed by atoms with E-state index in [4.69, 9.17) is 9.26 Å². The van der Waals surface area contributed by atoms with Crippen LogP contribution in [-0.4, -0.2) is 40.7 Å². The number of carbonyl (C=O) groups is 1. The van der Waals surface area contributed by atoms with Gasteiger partial charge in [0.2, 0.25) is 11.8 Å². The van der Waals surface area contributed by atoms with E-state index in [-0.39, 0.29) is 23.8 Å². The Bertz CT molecular complexity index is 494. The van der Waals surface area contributed by atoms with Crippen LogP contribution in [0.2, 0.25) is 0 Å². The zero-order valence-corrected chi connectivity index (χ0v) is 12.7. The molecule has 6 nitrogen and oxygen atoms in total. The molecule has 0 aliphatic carbocycles. The minimum absolute atomic E-state index is 0.0413. The Kier molecular flexibility index (Phi) is 4.24. The molecular weight excluding hydrogens is 270 g/mol. The van der Waals surface area contributed by atoms with Gasteiger partial charge in [0.15, 0.2) is 5.82 Å². The van der Waals surface area contributed by atoms with Gasteiger partial charge in [-0.25, -0.2) is 0 Å². The molecule has 116 valence electrons. The third kappa shape index (κ3) is 2.95. The largest absolute Gasteiger partial charge is 0.381 e. The molecule has 3 rings (SSSR count). The third-order valence-electron chi connectivity index (χ3n) is 4.37. The molecule has 1 aromatic heterocycles. The lowest BCUT2D eigenvalue weighted by atomic mass is 9.98. The van der Waals surface area contributed by atoms with Crippen LogP contribution in [-0.2, 0) is 9.53 Å². The number of hydrogen-bond acceptors (Lipinski definition) is 5. The first kappa shape index (κ1) is 14.5. The van der Waals surface area contributed by atoms with Crippen molar-refractivity contribution in [3.05, 3.63) is 11.7 Å². The Morgan fingerprint density at radius 2 is 2.05 bits per heavy atom. The van der Waals surface area contributed by atoms with E-state index < -0.39 is 0 Å². The first-order chi connectivity index (χ1) is 10.2. The zero-order chi connectivity index (χ0) is 14.8. The summed E-state index contributed by atoms with van der Waals surface area (Å²) in [4.78, 5) is 19.1. The van der Waals surface area contributed by atoms with Gasteiger partial charge in [-0.1, -0.05) is 19.0 Å². The van der Waals surface area contributed by atoms with Gasteiger partial charge in [-0.15, -0.1) is 0 Å². The van der Waals surface area contributed by atoms with Crippen molar-refractivity contribution in [2.24, 2.45) is 5.92 Å². The van der Waals surface area contributed by atoms with Crippen LogP contribution < -0.4 is 0 Å². The van der Waals surface area contributed by atoms with Crippen LogP contribution in [0.1, 0.15) is 63.2 Å². The summed E-state index contributed by atoms with van der Waals surface area (Å²) in [5.74, 6) is 1.87. The van der Waals surface area contributed by atoms with Crippen LogP contribution in [0.15, 0.2) is 4.52 Å². The molecule has 0 N–H and O–H groups in total. The highest BCUT2D eigenvalue weighted by molar-refractivity contribution is 5.79. The van der Waals surface area contributed by atoms with Gasteiger partial charge in [0.05, 0.1) is 0 Å². The van der Waals surface area contributed by atoms with Crippen molar-refractivity contribution in [2.75, 3.05) is 19.8 Å². The van der Waals surface area contributed by atoms with Gasteiger partial charge in [-0.05, 0) is 25.7 Å².